The van der Waals surface area contributed by atoms with E-state index in [4.69, 9.17) is 11.6 Å². The van der Waals surface area contributed by atoms with Crippen molar-refractivity contribution in [1.82, 2.24) is 10.2 Å². The summed E-state index contributed by atoms with van der Waals surface area (Å²) in [5, 5.41) is 8.70. The molecule has 1 aromatic heterocycles. The molecular formula is C18H16ClN3. The fourth-order valence-corrected chi connectivity index (χ4v) is 2.55. The Morgan fingerprint density at radius 1 is 0.909 bits per heavy atom. The molecule has 3 aromatic rings. The number of nitrogens with zero attached hydrogens (tertiary/aromatic N) is 3. The lowest BCUT2D eigenvalue weighted by molar-refractivity contribution is 0.868. The van der Waals surface area contributed by atoms with Crippen molar-refractivity contribution in [3.8, 4) is 11.1 Å². The summed E-state index contributed by atoms with van der Waals surface area (Å²) in [6, 6.07) is 22.2. The molecule has 0 radical (unpaired) electrons. The van der Waals surface area contributed by atoms with E-state index in [1.165, 1.54) is 5.56 Å². The Morgan fingerprint density at radius 2 is 1.55 bits per heavy atom. The Bertz CT molecular complexity index is 745. The molecule has 0 saturated carbocycles. The third kappa shape index (κ3) is 3.26. The van der Waals surface area contributed by atoms with Crippen LogP contribution in [-0.4, -0.2) is 17.2 Å². The Morgan fingerprint density at radius 3 is 2.23 bits per heavy atom. The van der Waals surface area contributed by atoms with Crippen molar-refractivity contribution < 1.29 is 0 Å². The lowest BCUT2D eigenvalue weighted by Crippen LogP contribution is -2.19. The van der Waals surface area contributed by atoms with Gasteiger partial charge in [-0.25, -0.2) is 0 Å². The first-order chi connectivity index (χ1) is 10.7. The number of hydrogen-bond acceptors (Lipinski definition) is 3. The van der Waals surface area contributed by atoms with Gasteiger partial charge in [0.05, 0.1) is 0 Å². The summed E-state index contributed by atoms with van der Waals surface area (Å²) in [4.78, 5) is 2.08. The highest BCUT2D eigenvalue weighted by Crippen LogP contribution is 2.30. The van der Waals surface area contributed by atoms with Crippen molar-refractivity contribution in [3.05, 3.63) is 77.4 Å². The Hall–Kier alpha value is -2.39. The largest absolute Gasteiger partial charge is 0.353 e. The van der Waals surface area contributed by atoms with Crippen molar-refractivity contribution in [3.63, 3.8) is 0 Å². The van der Waals surface area contributed by atoms with Crippen LogP contribution in [0.25, 0.3) is 11.1 Å². The van der Waals surface area contributed by atoms with Crippen LogP contribution in [0.2, 0.25) is 5.15 Å². The first kappa shape index (κ1) is 14.5. The normalized spacial score (nSPS) is 10.5. The number of benzene rings is 2. The summed E-state index contributed by atoms with van der Waals surface area (Å²) >= 11 is 6.04. The molecule has 2 aromatic carbocycles. The van der Waals surface area contributed by atoms with Crippen molar-refractivity contribution in [1.29, 1.82) is 0 Å². The van der Waals surface area contributed by atoms with Gasteiger partial charge in [0.1, 0.15) is 0 Å². The molecule has 0 saturated heterocycles. The van der Waals surface area contributed by atoms with E-state index in [1.807, 2.05) is 61.6 Å². The third-order valence-corrected chi connectivity index (χ3v) is 3.64. The summed E-state index contributed by atoms with van der Waals surface area (Å²) in [5.41, 5.74) is 3.29. The lowest BCUT2D eigenvalue weighted by atomic mass is 10.1. The lowest BCUT2D eigenvalue weighted by Gasteiger charge is -2.21. The van der Waals surface area contributed by atoms with E-state index in [2.05, 4.69) is 27.2 Å². The second kappa shape index (κ2) is 6.58. The van der Waals surface area contributed by atoms with E-state index < -0.39 is 0 Å². The molecule has 0 aliphatic carbocycles. The summed E-state index contributed by atoms with van der Waals surface area (Å²) in [6.07, 6.45) is 0. The van der Waals surface area contributed by atoms with E-state index in [9.17, 15) is 0 Å². The van der Waals surface area contributed by atoms with Crippen molar-refractivity contribution in [2.24, 2.45) is 0 Å². The molecule has 110 valence electrons. The molecule has 0 aliphatic heterocycles. The summed E-state index contributed by atoms with van der Waals surface area (Å²) in [5.74, 6) is 0.819. The summed E-state index contributed by atoms with van der Waals surface area (Å²) in [6.45, 7) is 0.761. The van der Waals surface area contributed by atoms with Gasteiger partial charge in [0.2, 0.25) is 0 Å². The van der Waals surface area contributed by atoms with Gasteiger partial charge in [0.15, 0.2) is 11.0 Å². The minimum absolute atomic E-state index is 0.399. The number of aromatic nitrogens is 2. The van der Waals surface area contributed by atoms with E-state index in [1.54, 1.807) is 0 Å². The van der Waals surface area contributed by atoms with Gasteiger partial charge in [-0.2, -0.15) is 0 Å². The standard InChI is InChI=1S/C18H16ClN3/c1-22(13-14-8-4-2-5-9-14)18-16(12-17(19)20-21-18)15-10-6-3-7-11-15/h2-12H,13H2,1H3. The highest BCUT2D eigenvalue weighted by atomic mass is 35.5. The van der Waals surface area contributed by atoms with Gasteiger partial charge in [0.25, 0.3) is 0 Å². The fraction of sp³-hybridized carbons (Fsp3) is 0.111. The molecular weight excluding hydrogens is 294 g/mol. The van der Waals surface area contributed by atoms with Crippen LogP contribution in [0.4, 0.5) is 5.82 Å². The molecule has 3 nitrogen and oxygen atoms in total. The Labute approximate surface area is 135 Å². The molecule has 0 fully saturated rings. The van der Waals surface area contributed by atoms with Crippen LogP contribution in [-0.2, 0) is 6.54 Å². The monoisotopic (exact) mass is 309 g/mol. The maximum atomic E-state index is 6.04. The zero-order chi connectivity index (χ0) is 15.4. The molecule has 0 unspecified atom stereocenters. The second-order valence-electron chi connectivity index (χ2n) is 5.11. The maximum Gasteiger partial charge on any atom is 0.159 e. The SMILES string of the molecule is CN(Cc1ccccc1)c1nnc(Cl)cc1-c1ccccc1. The van der Waals surface area contributed by atoms with Crippen LogP contribution in [0.15, 0.2) is 66.7 Å². The number of anilines is 1. The van der Waals surface area contributed by atoms with E-state index >= 15 is 0 Å². The number of halogens is 1. The molecule has 0 spiro atoms. The minimum atomic E-state index is 0.399. The van der Waals surface area contributed by atoms with Crippen LogP contribution in [0.1, 0.15) is 5.56 Å². The predicted octanol–water partition coefficient (Wildman–Crippen LogP) is 4.43. The molecule has 0 atom stereocenters. The average molecular weight is 310 g/mol. The maximum absolute atomic E-state index is 6.04. The zero-order valence-electron chi connectivity index (χ0n) is 12.3. The van der Waals surface area contributed by atoms with Gasteiger partial charge < -0.3 is 4.90 Å². The van der Waals surface area contributed by atoms with Gasteiger partial charge in [-0.1, -0.05) is 72.3 Å². The van der Waals surface area contributed by atoms with Gasteiger partial charge in [-0.3, -0.25) is 0 Å². The Kier molecular flexibility index (Phi) is 4.35. The molecule has 4 heteroatoms. The van der Waals surface area contributed by atoms with Crippen LogP contribution < -0.4 is 4.90 Å². The molecule has 3 rings (SSSR count). The first-order valence-electron chi connectivity index (χ1n) is 7.08. The first-order valence-corrected chi connectivity index (χ1v) is 7.45. The molecule has 22 heavy (non-hydrogen) atoms. The molecule has 0 amide bonds. The fourth-order valence-electron chi connectivity index (χ4n) is 2.41. The van der Waals surface area contributed by atoms with Gasteiger partial charge in [-0.15, -0.1) is 10.2 Å². The van der Waals surface area contributed by atoms with E-state index in [-0.39, 0.29) is 0 Å². The van der Waals surface area contributed by atoms with Crippen LogP contribution in [0, 0.1) is 0 Å². The van der Waals surface area contributed by atoms with Crippen LogP contribution in [0.3, 0.4) is 0 Å². The topological polar surface area (TPSA) is 29.0 Å². The minimum Gasteiger partial charge on any atom is -0.353 e. The molecule has 0 aliphatic rings. The molecule has 0 N–H and O–H groups in total. The molecule has 1 heterocycles. The van der Waals surface area contributed by atoms with Crippen LogP contribution in [0.5, 0.6) is 0 Å². The highest BCUT2D eigenvalue weighted by Gasteiger charge is 2.13. The van der Waals surface area contributed by atoms with Gasteiger partial charge in [-0.05, 0) is 17.2 Å². The number of rotatable bonds is 4. The highest BCUT2D eigenvalue weighted by molar-refractivity contribution is 6.29. The van der Waals surface area contributed by atoms with Crippen molar-refractivity contribution in [2.45, 2.75) is 6.54 Å². The zero-order valence-corrected chi connectivity index (χ0v) is 13.0. The summed E-state index contributed by atoms with van der Waals surface area (Å²) < 4.78 is 0. The van der Waals surface area contributed by atoms with Gasteiger partial charge in [0, 0.05) is 19.2 Å². The summed E-state index contributed by atoms with van der Waals surface area (Å²) in [7, 11) is 2.01. The van der Waals surface area contributed by atoms with Crippen molar-refractivity contribution >= 4 is 17.4 Å². The van der Waals surface area contributed by atoms with Crippen molar-refractivity contribution in [2.75, 3.05) is 11.9 Å². The van der Waals surface area contributed by atoms with E-state index in [0.717, 1.165) is 23.5 Å². The number of hydrogen-bond donors (Lipinski definition) is 0. The van der Waals surface area contributed by atoms with E-state index in [0.29, 0.717) is 5.15 Å². The second-order valence-corrected chi connectivity index (χ2v) is 5.50. The third-order valence-electron chi connectivity index (χ3n) is 3.45. The Balaban J connectivity index is 1.96. The average Bonchev–Trinajstić information content (AvgIpc) is 2.56. The molecule has 0 bridgehead atoms. The quantitative estimate of drug-likeness (QED) is 0.713. The van der Waals surface area contributed by atoms with Gasteiger partial charge >= 0.3 is 0 Å². The smallest absolute Gasteiger partial charge is 0.159 e. The van der Waals surface area contributed by atoms with Crippen LogP contribution >= 0.6 is 11.6 Å². The predicted molar refractivity (Wildman–Crippen MR) is 91.0 cm³/mol.